The van der Waals surface area contributed by atoms with E-state index in [1.54, 1.807) is 6.20 Å². The largest absolute Gasteiger partial charge is 0.490 e. The summed E-state index contributed by atoms with van der Waals surface area (Å²) in [5.41, 5.74) is 4.47. The van der Waals surface area contributed by atoms with Crippen LogP contribution >= 0.6 is 0 Å². The molecule has 3 rings (SSSR count). The number of hydrogen-bond donors (Lipinski definition) is 0. The average Bonchev–Trinajstić information content (AvgIpc) is 2.61. The van der Waals surface area contributed by atoms with Crippen LogP contribution in [0.25, 0.3) is 0 Å². The van der Waals surface area contributed by atoms with Crippen molar-refractivity contribution in [1.29, 1.82) is 0 Å². The summed E-state index contributed by atoms with van der Waals surface area (Å²) in [5.74, 6) is 1.11. The summed E-state index contributed by atoms with van der Waals surface area (Å²) in [6.07, 6.45) is 4.17. The van der Waals surface area contributed by atoms with Crippen molar-refractivity contribution in [2.24, 2.45) is 0 Å². The molecule has 0 bridgehead atoms. The molecule has 1 aliphatic rings. The standard InChI is InChI=1S/C21H26N2O2/c1-15-4-7-20(12-16(15)2)25-19-8-10-23(11-9-19)21(24)13-18-6-5-17(3)22-14-18/h4-7,12,14,19H,8-11,13H2,1-3H3. The molecule has 4 nitrogen and oxygen atoms in total. The quantitative estimate of drug-likeness (QED) is 0.855. The van der Waals surface area contributed by atoms with Crippen LogP contribution in [0, 0.1) is 20.8 Å². The van der Waals surface area contributed by atoms with E-state index < -0.39 is 0 Å². The Morgan fingerprint density at radius 1 is 1.12 bits per heavy atom. The van der Waals surface area contributed by atoms with Crippen molar-refractivity contribution in [1.82, 2.24) is 9.88 Å². The molecule has 25 heavy (non-hydrogen) atoms. The number of rotatable bonds is 4. The van der Waals surface area contributed by atoms with Gasteiger partial charge in [0.15, 0.2) is 0 Å². The first-order valence-corrected chi connectivity index (χ1v) is 8.94. The van der Waals surface area contributed by atoms with E-state index in [-0.39, 0.29) is 12.0 Å². The fourth-order valence-corrected chi connectivity index (χ4v) is 3.09. The number of piperidine rings is 1. The van der Waals surface area contributed by atoms with Crippen molar-refractivity contribution in [2.45, 2.75) is 46.1 Å². The van der Waals surface area contributed by atoms with Crippen molar-refractivity contribution in [3.63, 3.8) is 0 Å². The summed E-state index contributed by atoms with van der Waals surface area (Å²) >= 11 is 0. The maximum Gasteiger partial charge on any atom is 0.227 e. The highest BCUT2D eigenvalue weighted by molar-refractivity contribution is 5.78. The van der Waals surface area contributed by atoms with Crippen LogP contribution in [-0.4, -0.2) is 35.0 Å². The van der Waals surface area contributed by atoms with Crippen molar-refractivity contribution in [3.05, 3.63) is 58.9 Å². The van der Waals surface area contributed by atoms with Crippen molar-refractivity contribution in [2.75, 3.05) is 13.1 Å². The zero-order chi connectivity index (χ0) is 17.8. The molecule has 132 valence electrons. The van der Waals surface area contributed by atoms with E-state index in [1.165, 1.54) is 11.1 Å². The average molecular weight is 338 g/mol. The van der Waals surface area contributed by atoms with E-state index in [0.29, 0.717) is 6.42 Å². The lowest BCUT2D eigenvalue weighted by Crippen LogP contribution is -2.42. The van der Waals surface area contributed by atoms with E-state index >= 15 is 0 Å². The second-order valence-corrected chi connectivity index (χ2v) is 6.93. The van der Waals surface area contributed by atoms with E-state index in [4.69, 9.17) is 4.74 Å². The highest BCUT2D eigenvalue weighted by Crippen LogP contribution is 2.22. The minimum atomic E-state index is 0.176. The van der Waals surface area contributed by atoms with E-state index in [0.717, 1.165) is 42.9 Å². The number of ether oxygens (including phenoxy) is 1. The normalized spacial score (nSPS) is 15.2. The van der Waals surface area contributed by atoms with Gasteiger partial charge in [0.1, 0.15) is 11.9 Å². The van der Waals surface area contributed by atoms with Gasteiger partial charge >= 0.3 is 0 Å². The molecule has 0 aliphatic carbocycles. The summed E-state index contributed by atoms with van der Waals surface area (Å²) in [5, 5.41) is 0. The SMILES string of the molecule is Cc1ccc(CC(=O)N2CCC(Oc3ccc(C)c(C)c3)CC2)cn1. The summed E-state index contributed by atoms with van der Waals surface area (Å²) in [6.45, 7) is 7.67. The number of carbonyl (C=O) groups is 1. The fourth-order valence-electron chi connectivity index (χ4n) is 3.09. The number of hydrogen-bond acceptors (Lipinski definition) is 3. The third-order valence-electron chi connectivity index (χ3n) is 4.90. The molecule has 0 saturated carbocycles. The Kier molecular flexibility index (Phi) is 5.37. The molecule has 2 heterocycles. The predicted molar refractivity (Wildman–Crippen MR) is 98.8 cm³/mol. The van der Waals surface area contributed by atoms with E-state index in [1.807, 2.05) is 30.0 Å². The topological polar surface area (TPSA) is 42.4 Å². The van der Waals surface area contributed by atoms with Gasteiger partial charge < -0.3 is 9.64 Å². The van der Waals surface area contributed by atoms with Gasteiger partial charge in [0.05, 0.1) is 6.42 Å². The molecule has 0 atom stereocenters. The number of aromatic nitrogens is 1. The van der Waals surface area contributed by atoms with Crippen LogP contribution in [0.2, 0.25) is 0 Å². The smallest absolute Gasteiger partial charge is 0.227 e. The Morgan fingerprint density at radius 3 is 2.52 bits per heavy atom. The summed E-state index contributed by atoms with van der Waals surface area (Å²) < 4.78 is 6.10. The number of carbonyl (C=O) groups excluding carboxylic acids is 1. The minimum absolute atomic E-state index is 0.176. The summed E-state index contributed by atoms with van der Waals surface area (Å²) in [7, 11) is 0. The monoisotopic (exact) mass is 338 g/mol. The van der Waals surface area contributed by atoms with Crippen LogP contribution in [0.15, 0.2) is 36.5 Å². The number of nitrogens with zero attached hydrogens (tertiary/aromatic N) is 2. The molecule has 0 unspecified atom stereocenters. The Balaban J connectivity index is 1.50. The Hall–Kier alpha value is -2.36. The van der Waals surface area contributed by atoms with Crippen LogP contribution in [0.1, 0.15) is 35.2 Å². The highest BCUT2D eigenvalue weighted by atomic mass is 16.5. The molecule has 0 N–H and O–H groups in total. The number of pyridine rings is 1. The van der Waals surface area contributed by atoms with Gasteiger partial charge in [-0.15, -0.1) is 0 Å². The second kappa shape index (κ2) is 7.68. The minimum Gasteiger partial charge on any atom is -0.490 e. The molecule has 1 aromatic carbocycles. The molecule has 1 amide bonds. The third kappa shape index (κ3) is 4.59. The fraction of sp³-hybridized carbons (Fsp3) is 0.429. The predicted octanol–water partition coefficient (Wildman–Crippen LogP) is 3.62. The molecule has 4 heteroatoms. The van der Waals surface area contributed by atoms with Crippen LogP contribution < -0.4 is 4.74 Å². The third-order valence-corrected chi connectivity index (χ3v) is 4.90. The van der Waals surface area contributed by atoms with Crippen LogP contribution in [0.5, 0.6) is 5.75 Å². The summed E-state index contributed by atoms with van der Waals surface area (Å²) in [6, 6.07) is 10.2. The van der Waals surface area contributed by atoms with Crippen LogP contribution in [0.4, 0.5) is 0 Å². The van der Waals surface area contributed by atoms with Gasteiger partial charge in [-0.05, 0) is 55.7 Å². The molecular formula is C21H26N2O2. The van der Waals surface area contributed by atoms with Gasteiger partial charge in [0, 0.05) is 37.8 Å². The van der Waals surface area contributed by atoms with Crippen molar-refractivity contribution < 1.29 is 9.53 Å². The zero-order valence-corrected chi connectivity index (χ0v) is 15.3. The zero-order valence-electron chi connectivity index (χ0n) is 15.3. The van der Waals surface area contributed by atoms with E-state index in [2.05, 4.69) is 31.0 Å². The first kappa shape index (κ1) is 17.5. The van der Waals surface area contributed by atoms with Crippen molar-refractivity contribution >= 4 is 5.91 Å². The molecule has 1 saturated heterocycles. The van der Waals surface area contributed by atoms with Crippen LogP contribution in [-0.2, 0) is 11.2 Å². The lowest BCUT2D eigenvalue weighted by Gasteiger charge is -2.32. The van der Waals surface area contributed by atoms with E-state index in [9.17, 15) is 4.79 Å². The molecule has 2 aromatic rings. The second-order valence-electron chi connectivity index (χ2n) is 6.93. The molecular weight excluding hydrogens is 312 g/mol. The Labute approximate surface area is 149 Å². The van der Waals surface area contributed by atoms with Gasteiger partial charge in [0.25, 0.3) is 0 Å². The number of amides is 1. The van der Waals surface area contributed by atoms with Gasteiger partial charge in [-0.1, -0.05) is 12.1 Å². The Morgan fingerprint density at radius 2 is 1.88 bits per heavy atom. The molecule has 0 spiro atoms. The first-order valence-electron chi connectivity index (χ1n) is 8.94. The summed E-state index contributed by atoms with van der Waals surface area (Å²) in [4.78, 5) is 18.7. The number of aryl methyl sites for hydroxylation is 3. The van der Waals surface area contributed by atoms with Gasteiger partial charge in [-0.25, -0.2) is 0 Å². The maximum atomic E-state index is 12.5. The molecule has 0 radical (unpaired) electrons. The highest BCUT2D eigenvalue weighted by Gasteiger charge is 2.24. The Bertz CT molecular complexity index is 732. The molecule has 1 fully saturated rings. The lowest BCUT2D eigenvalue weighted by atomic mass is 10.1. The maximum absolute atomic E-state index is 12.5. The number of benzene rings is 1. The van der Waals surface area contributed by atoms with Crippen LogP contribution in [0.3, 0.4) is 0 Å². The van der Waals surface area contributed by atoms with Gasteiger partial charge in [-0.2, -0.15) is 0 Å². The lowest BCUT2D eigenvalue weighted by molar-refractivity contribution is -0.132. The first-order chi connectivity index (χ1) is 12.0. The van der Waals surface area contributed by atoms with Gasteiger partial charge in [-0.3, -0.25) is 9.78 Å². The van der Waals surface area contributed by atoms with Gasteiger partial charge in [0.2, 0.25) is 5.91 Å². The van der Waals surface area contributed by atoms with Crippen molar-refractivity contribution in [3.8, 4) is 5.75 Å². The molecule has 1 aliphatic heterocycles. The molecule has 1 aromatic heterocycles. The number of likely N-dealkylation sites (tertiary alicyclic amines) is 1.